The molecule has 1 amide bonds. The number of methoxy groups -OCH3 is 1. The lowest BCUT2D eigenvalue weighted by atomic mass is 9.95. The van der Waals surface area contributed by atoms with Crippen molar-refractivity contribution in [2.45, 2.75) is 6.04 Å². The summed E-state index contributed by atoms with van der Waals surface area (Å²) in [5, 5.41) is 19.4. The number of hydrogen-bond acceptors (Lipinski definition) is 6. The van der Waals surface area contributed by atoms with Crippen molar-refractivity contribution in [1.82, 2.24) is 4.90 Å². The number of amides is 1. The fraction of sp³-hybridized carbons (Fsp3) is 0.250. The van der Waals surface area contributed by atoms with Crippen LogP contribution in [0.4, 0.5) is 0 Å². The van der Waals surface area contributed by atoms with Crippen molar-refractivity contribution in [3.63, 3.8) is 0 Å². The fourth-order valence-electron chi connectivity index (χ4n) is 3.42. The Morgan fingerprint density at radius 2 is 1.81 bits per heavy atom. The average Bonchev–Trinajstić information content (AvgIpc) is 3.06. The largest absolute Gasteiger partial charge is 0.503 e. The maximum absolute atomic E-state index is 13.0. The second-order valence-electron chi connectivity index (χ2n) is 6.88. The quantitative estimate of drug-likeness (QED) is 0.451. The molecule has 2 aromatic rings. The Hall–Kier alpha value is -3.42. The molecule has 162 valence electrons. The summed E-state index contributed by atoms with van der Waals surface area (Å²) in [6, 6.07) is 15.5. The zero-order valence-electron chi connectivity index (χ0n) is 17.2. The van der Waals surface area contributed by atoms with Gasteiger partial charge in [-0.1, -0.05) is 48.5 Å². The van der Waals surface area contributed by atoms with Gasteiger partial charge in [-0.05, 0) is 29.3 Å². The van der Waals surface area contributed by atoms with Crippen LogP contribution in [0.25, 0.3) is 6.08 Å². The first-order valence-corrected chi connectivity index (χ1v) is 9.91. The Kier molecular flexibility index (Phi) is 7.59. The molecule has 0 aliphatic carbocycles. The van der Waals surface area contributed by atoms with E-state index in [1.807, 2.05) is 30.3 Å². The molecule has 2 N–H and O–H groups in total. The molecule has 0 bridgehead atoms. The highest BCUT2D eigenvalue weighted by atomic mass is 16.5. The Morgan fingerprint density at radius 3 is 2.45 bits per heavy atom. The number of carbonyl (C=O) groups is 2. The minimum Gasteiger partial charge on any atom is -0.503 e. The zero-order valence-corrected chi connectivity index (χ0v) is 17.2. The molecule has 1 heterocycles. The molecule has 0 saturated carbocycles. The summed E-state index contributed by atoms with van der Waals surface area (Å²) in [6.07, 6.45) is 3.00. The third-order valence-electron chi connectivity index (χ3n) is 4.94. The van der Waals surface area contributed by atoms with Crippen LogP contribution in [0, 0.1) is 0 Å². The lowest BCUT2D eigenvalue weighted by molar-refractivity contribution is -0.130. The van der Waals surface area contributed by atoms with Gasteiger partial charge >= 0.3 is 0 Å². The van der Waals surface area contributed by atoms with Gasteiger partial charge in [0, 0.05) is 6.54 Å². The number of carbonyl (C=O) groups excluding carboxylic acids is 2. The number of benzene rings is 2. The molecule has 0 unspecified atom stereocenters. The highest BCUT2D eigenvalue weighted by Crippen LogP contribution is 2.38. The number of rotatable bonds is 10. The van der Waals surface area contributed by atoms with Crippen LogP contribution in [0.5, 0.6) is 5.75 Å². The van der Waals surface area contributed by atoms with E-state index in [9.17, 15) is 14.7 Å². The highest BCUT2D eigenvalue weighted by Gasteiger charge is 2.42. The summed E-state index contributed by atoms with van der Waals surface area (Å²) in [4.78, 5) is 27.2. The van der Waals surface area contributed by atoms with E-state index >= 15 is 0 Å². The molecular weight excluding hydrogens is 398 g/mol. The molecule has 0 spiro atoms. The average molecular weight is 423 g/mol. The second-order valence-corrected chi connectivity index (χ2v) is 6.88. The van der Waals surface area contributed by atoms with Gasteiger partial charge in [0.05, 0.1) is 38.5 Å². The molecule has 3 rings (SSSR count). The van der Waals surface area contributed by atoms with E-state index in [0.29, 0.717) is 11.3 Å². The summed E-state index contributed by atoms with van der Waals surface area (Å²) in [7, 11) is 1.55. The third kappa shape index (κ3) is 5.20. The molecule has 1 aliphatic heterocycles. The van der Waals surface area contributed by atoms with Crippen LogP contribution in [0.3, 0.4) is 0 Å². The van der Waals surface area contributed by atoms with Gasteiger partial charge in [-0.25, -0.2) is 0 Å². The molecule has 31 heavy (non-hydrogen) atoms. The van der Waals surface area contributed by atoms with Gasteiger partial charge in [-0.2, -0.15) is 0 Å². The highest BCUT2D eigenvalue weighted by molar-refractivity contribution is 6.14. The van der Waals surface area contributed by atoms with Crippen LogP contribution >= 0.6 is 0 Å². The standard InChI is InChI=1S/C24H25NO6/c1-30-19-10-8-18(9-11-19)22-21(20(27)12-7-17-5-3-2-4-6-17)23(28)24(29)25(22)13-15-31-16-14-26/h2-12,22,26,28H,13-16H2,1H3/b12-7-/t22-/m1/s1. The van der Waals surface area contributed by atoms with Gasteiger partial charge in [0.2, 0.25) is 0 Å². The van der Waals surface area contributed by atoms with E-state index in [1.165, 1.54) is 11.0 Å². The van der Waals surface area contributed by atoms with Crippen molar-refractivity contribution < 1.29 is 29.3 Å². The van der Waals surface area contributed by atoms with E-state index in [4.69, 9.17) is 14.6 Å². The van der Waals surface area contributed by atoms with Crippen LogP contribution in [0.15, 0.2) is 72.0 Å². The van der Waals surface area contributed by atoms with E-state index in [-0.39, 0.29) is 31.9 Å². The molecule has 0 saturated heterocycles. The summed E-state index contributed by atoms with van der Waals surface area (Å²) in [5.41, 5.74) is 1.51. The molecule has 7 nitrogen and oxygen atoms in total. The van der Waals surface area contributed by atoms with E-state index in [0.717, 1.165) is 5.56 Å². The van der Waals surface area contributed by atoms with E-state index in [1.54, 1.807) is 37.5 Å². The van der Waals surface area contributed by atoms with Crippen molar-refractivity contribution in [1.29, 1.82) is 0 Å². The Labute approximate surface area is 180 Å². The van der Waals surface area contributed by atoms with Crippen molar-refractivity contribution in [3.05, 3.63) is 83.1 Å². The Balaban J connectivity index is 1.92. The van der Waals surface area contributed by atoms with Crippen molar-refractivity contribution in [3.8, 4) is 5.75 Å². The number of allylic oxidation sites excluding steroid dienone is 1. The van der Waals surface area contributed by atoms with Gasteiger partial charge in [-0.15, -0.1) is 0 Å². The predicted molar refractivity (Wildman–Crippen MR) is 115 cm³/mol. The summed E-state index contributed by atoms with van der Waals surface area (Å²) < 4.78 is 10.5. The predicted octanol–water partition coefficient (Wildman–Crippen LogP) is 2.68. The molecule has 0 aromatic heterocycles. The smallest absolute Gasteiger partial charge is 0.290 e. The lowest BCUT2D eigenvalue weighted by Gasteiger charge is -2.26. The van der Waals surface area contributed by atoms with E-state index in [2.05, 4.69) is 0 Å². The summed E-state index contributed by atoms with van der Waals surface area (Å²) >= 11 is 0. The first-order chi connectivity index (χ1) is 15.1. The molecule has 0 fully saturated rings. The first kappa shape index (κ1) is 22.3. The monoisotopic (exact) mass is 423 g/mol. The van der Waals surface area contributed by atoms with Crippen LogP contribution in [0.2, 0.25) is 0 Å². The molecule has 0 radical (unpaired) electrons. The maximum Gasteiger partial charge on any atom is 0.290 e. The molecule has 1 atom stereocenters. The number of aliphatic hydroxyl groups is 2. The summed E-state index contributed by atoms with van der Waals surface area (Å²) in [5.74, 6) is -1.01. The van der Waals surface area contributed by atoms with Crippen LogP contribution in [-0.4, -0.2) is 60.3 Å². The number of ketones is 1. The number of nitrogens with zero attached hydrogens (tertiary/aromatic N) is 1. The topological polar surface area (TPSA) is 96.3 Å². The fourth-order valence-corrected chi connectivity index (χ4v) is 3.42. The molecular formula is C24H25NO6. The van der Waals surface area contributed by atoms with Gasteiger partial charge in [-0.3, -0.25) is 9.59 Å². The minimum atomic E-state index is -0.760. The van der Waals surface area contributed by atoms with Gasteiger partial charge in [0.1, 0.15) is 5.75 Å². The zero-order chi connectivity index (χ0) is 22.2. The summed E-state index contributed by atoms with van der Waals surface area (Å²) in [6.45, 7) is 0.319. The van der Waals surface area contributed by atoms with Crippen molar-refractivity contribution in [2.24, 2.45) is 0 Å². The second kappa shape index (κ2) is 10.6. The van der Waals surface area contributed by atoms with Crippen molar-refractivity contribution in [2.75, 3.05) is 33.5 Å². The van der Waals surface area contributed by atoms with Gasteiger partial charge < -0.3 is 24.6 Å². The minimum absolute atomic E-state index is 0.0181. The number of hydrogen-bond donors (Lipinski definition) is 2. The Morgan fingerprint density at radius 1 is 1.10 bits per heavy atom. The number of aliphatic hydroxyl groups excluding tert-OH is 2. The molecule has 2 aromatic carbocycles. The third-order valence-corrected chi connectivity index (χ3v) is 4.94. The van der Waals surface area contributed by atoms with Crippen molar-refractivity contribution >= 4 is 17.8 Å². The molecule has 7 heteroatoms. The van der Waals surface area contributed by atoms with Crippen LogP contribution < -0.4 is 4.74 Å². The Bertz CT molecular complexity index is 965. The van der Waals surface area contributed by atoms with Gasteiger partial charge in [0.15, 0.2) is 11.5 Å². The first-order valence-electron chi connectivity index (χ1n) is 9.91. The van der Waals surface area contributed by atoms with Crippen LogP contribution in [0.1, 0.15) is 17.2 Å². The normalized spacial score (nSPS) is 16.4. The van der Waals surface area contributed by atoms with Gasteiger partial charge in [0.25, 0.3) is 5.91 Å². The lowest BCUT2D eigenvalue weighted by Crippen LogP contribution is -2.34. The number of ether oxygens (including phenoxy) is 2. The van der Waals surface area contributed by atoms with Crippen LogP contribution in [-0.2, 0) is 14.3 Å². The molecule has 1 aliphatic rings. The SMILES string of the molecule is COc1ccc([C@@H]2C(C(=O)/C=C\c3ccccc3)=C(O)C(=O)N2CCOCCO)cc1. The maximum atomic E-state index is 13.0. The van der Waals surface area contributed by atoms with E-state index < -0.39 is 23.5 Å².